The molecule has 1 aromatic rings. The normalized spacial score (nSPS) is 11.3. The molecule has 0 saturated heterocycles. The number of hydrogen-bond acceptors (Lipinski definition) is 2. The Kier molecular flexibility index (Phi) is 3.70. The third-order valence-electron chi connectivity index (χ3n) is 3.03. The van der Waals surface area contributed by atoms with Crippen molar-refractivity contribution < 1.29 is 4.79 Å². The minimum atomic E-state index is -0.526. The smallest absolute Gasteiger partial charge is 0.244 e. The summed E-state index contributed by atoms with van der Waals surface area (Å²) in [6, 6.07) is 6.14. The van der Waals surface area contributed by atoms with Gasteiger partial charge in [0.25, 0.3) is 0 Å². The van der Waals surface area contributed by atoms with Gasteiger partial charge in [-0.2, -0.15) is 0 Å². The molecule has 16 heavy (non-hydrogen) atoms. The molecule has 0 unspecified atom stereocenters. The van der Waals surface area contributed by atoms with Crippen LogP contribution in [0.5, 0.6) is 0 Å². The Labute approximate surface area is 97.2 Å². The molecule has 1 aromatic carbocycles. The number of nitrogens with one attached hydrogen (secondary N) is 2. The van der Waals surface area contributed by atoms with Gasteiger partial charge in [-0.3, -0.25) is 10.2 Å². The molecule has 0 heterocycles. The average Bonchev–Trinajstić information content (AvgIpc) is 2.22. The Morgan fingerprint density at radius 1 is 1.19 bits per heavy atom. The van der Waals surface area contributed by atoms with E-state index in [2.05, 4.69) is 36.8 Å². The highest BCUT2D eigenvalue weighted by atomic mass is 16.2. The van der Waals surface area contributed by atoms with Crippen molar-refractivity contribution in [3.05, 3.63) is 34.9 Å². The zero-order valence-corrected chi connectivity index (χ0v) is 10.6. The zero-order chi connectivity index (χ0) is 12.3. The number of carbonyl (C=O) groups is 1. The van der Waals surface area contributed by atoms with Crippen LogP contribution < -0.4 is 10.9 Å². The molecule has 0 aromatic heterocycles. The predicted molar refractivity (Wildman–Crippen MR) is 66.1 cm³/mol. The van der Waals surface area contributed by atoms with Gasteiger partial charge in [-0.1, -0.05) is 18.2 Å². The third kappa shape index (κ3) is 2.42. The van der Waals surface area contributed by atoms with E-state index in [0.29, 0.717) is 0 Å². The van der Waals surface area contributed by atoms with Crippen molar-refractivity contribution in [2.75, 3.05) is 7.05 Å². The van der Waals surface area contributed by atoms with Crippen LogP contribution in [0.3, 0.4) is 0 Å². The second-order valence-corrected chi connectivity index (χ2v) is 4.63. The first-order chi connectivity index (χ1) is 7.39. The van der Waals surface area contributed by atoms with Gasteiger partial charge in [0.1, 0.15) is 0 Å². The number of amides is 1. The third-order valence-corrected chi connectivity index (χ3v) is 3.03. The van der Waals surface area contributed by atoms with Gasteiger partial charge in [0.15, 0.2) is 0 Å². The number of benzene rings is 1. The summed E-state index contributed by atoms with van der Waals surface area (Å²) in [6.45, 7) is 7.97. The van der Waals surface area contributed by atoms with Crippen LogP contribution in [0.1, 0.15) is 30.5 Å². The van der Waals surface area contributed by atoms with Gasteiger partial charge in [0.2, 0.25) is 5.91 Å². The van der Waals surface area contributed by atoms with Crippen molar-refractivity contribution >= 4 is 5.91 Å². The Morgan fingerprint density at radius 2 is 1.81 bits per heavy atom. The first-order valence-electron chi connectivity index (χ1n) is 5.44. The lowest BCUT2D eigenvalue weighted by Gasteiger charge is -2.24. The van der Waals surface area contributed by atoms with Crippen molar-refractivity contribution in [1.82, 2.24) is 10.9 Å². The van der Waals surface area contributed by atoms with Crippen LogP contribution in [0, 0.1) is 13.8 Å². The minimum absolute atomic E-state index is 0.0294. The minimum Gasteiger partial charge on any atom is -0.291 e. The van der Waals surface area contributed by atoms with E-state index in [1.165, 1.54) is 11.1 Å². The van der Waals surface area contributed by atoms with Crippen LogP contribution in [0.15, 0.2) is 18.2 Å². The van der Waals surface area contributed by atoms with Crippen LogP contribution in [-0.4, -0.2) is 13.0 Å². The van der Waals surface area contributed by atoms with Crippen LogP contribution in [-0.2, 0) is 10.2 Å². The van der Waals surface area contributed by atoms with Crippen molar-refractivity contribution in [2.24, 2.45) is 0 Å². The van der Waals surface area contributed by atoms with Crippen molar-refractivity contribution in [2.45, 2.75) is 33.1 Å². The lowest BCUT2D eigenvalue weighted by atomic mass is 9.82. The maximum absolute atomic E-state index is 11.9. The highest BCUT2D eigenvalue weighted by Crippen LogP contribution is 2.25. The van der Waals surface area contributed by atoms with Gasteiger partial charge in [-0.05, 0) is 44.4 Å². The fraction of sp³-hybridized carbons (Fsp3) is 0.462. The van der Waals surface area contributed by atoms with E-state index in [1.807, 2.05) is 19.9 Å². The summed E-state index contributed by atoms with van der Waals surface area (Å²) in [6.07, 6.45) is 0. The first-order valence-corrected chi connectivity index (χ1v) is 5.44. The van der Waals surface area contributed by atoms with Gasteiger partial charge < -0.3 is 0 Å². The lowest BCUT2D eigenvalue weighted by molar-refractivity contribution is -0.126. The molecule has 2 N–H and O–H groups in total. The Morgan fingerprint density at radius 3 is 2.31 bits per heavy atom. The molecule has 1 amide bonds. The van der Waals surface area contributed by atoms with Crippen molar-refractivity contribution in [3.8, 4) is 0 Å². The standard InChI is InChI=1S/C13H20N2O/c1-9-6-7-11(8-10(9)2)13(3,4)12(16)15-14-5/h6-8,14H,1-5H3,(H,15,16). The summed E-state index contributed by atoms with van der Waals surface area (Å²) < 4.78 is 0. The molecule has 3 nitrogen and oxygen atoms in total. The Bertz CT molecular complexity index is 397. The summed E-state index contributed by atoms with van der Waals surface area (Å²) in [4.78, 5) is 11.9. The maximum Gasteiger partial charge on any atom is 0.244 e. The molecular formula is C13H20N2O. The number of carbonyl (C=O) groups excluding carboxylic acids is 1. The van der Waals surface area contributed by atoms with E-state index in [4.69, 9.17) is 0 Å². The molecule has 0 spiro atoms. The van der Waals surface area contributed by atoms with Crippen molar-refractivity contribution in [1.29, 1.82) is 0 Å². The fourth-order valence-electron chi connectivity index (χ4n) is 1.53. The van der Waals surface area contributed by atoms with Crippen LogP contribution in [0.25, 0.3) is 0 Å². The number of aryl methyl sites for hydroxylation is 2. The van der Waals surface area contributed by atoms with E-state index in [-0.39, 0.29) is 5.91 Å². The van der Waals surface area contributed by atoms with Gasteiger partial charge in [0.05, 0.1) is 5.41 Å². The molecule has 3 heteroatoms. The van der Waals surface area contributed by atoms with E-state index >= 15 is 0 Å². The Balaban J connectivity index is 3.06. The number of rotatable bonds is 3. The van der Waals surface area contributed by atoms with Gasteiger partial charge in [-0.25, -0.2) is 5.43 Å². The average molecular weight is 220 g/mol. The summed E-state index contributed by atoms with van der Waals surface area (Å²) in [7, 11) is 1.69. The molecule has 0 aliphatic carbocycles. The summed E-state index contributed by atoms with van der Waals surface area (Å²) >= 11 is 0. The highest BCUT2D eigenvalue weighted by Gasteiger charge is 2.29. The molecule has 0 saturated carbocycles. The highest BCUT2D eigenvalue weighted by molar-refractivity contribution is 5.86. The fourth-order valence-corrected chi connectivity index (χ4v) is 1.53. The molecule has 0 atom stereocenters. The van der Waals surface area contributed by atoms with E-state index in [9.17, 15) is 4.79 Å². The largest absolute Gasteiger partial charge is 0.291 e. The van der Waals surface area contributed by atoms with Crippen LogP contribution >= 0.6 is 0 Å². The van der Waals surface area contributed by atoms with E-state index < -0.39 is 5.41 Å². The zero-order valence-electron chi connectivity index (χ0n) is 10.6. The van der Waals surface area contributed by atoms with Gasteiger partial charge in [-0.15, -0.1) is 0 Å². The summed E-state index contributed by atoms with van der Waals surface area (Å²) in [5, 5.41) is 0. The second-order valence-electron chi connectivity index (χ2n) is 4.63. The molecule has 1 rings (SSSR count). The van der Waals surface area contributed by atoms with Crippen molar-refractivity contribution in [3.63, 3.8) is 0 Å². The maximum atomic E-state index is 11.9. The number of hydrogen-bond donors (Lipinski definition) is 2. The molecule has 88 valence electrons. The monoisotopic (exact) mass is 220 g/mol. The van der Waals surface area contributed by atoms with E-state index in [0.717, 1.165) is 5.56 Å². The van der Waals surface area contributed by atoms with Crippen LogP contribution in [0.4, 0.5) is 0 Å². The molecule has 0 radical (unpaired) electrons. The van der Waals surface area contributed by atoms with Gasteiger partial charge >= 0.3 is 0 Å². The van der Waals surface area contributed by atoms with Gasteiger partial charge in [0, 0.05) is 7.05 Å². The topological polar surface area (TPSA) is 41.1 Å². The second kappa shape index (κ2) is 4.66. The number of hydrazine groups is 1. The molecule has 0 bridgehead atoms. The summed E-state index contributed by atoms with van der Waals surface area (Å²) in [5.74, 6) is -0.0294. The molecule has 0 aliphatic heterocycles. The summed E-state index contributed by atoms with van der Waals surface area (Å²) in [5.41, 5.74) is 8.26. The SMILES string of the molecule is CNNC(=O)C(C)(C)c1ccc(C)c(C)c1. The predicted octanol–water partition coefficient (Wildman–Crippen LogP) is 1.83. The lowest BCUT2D eigenvalue weighted by Crippen LogP contribution is -2.45. The first kappa shape index (κ1) is 12.7. The molecular weight excluding hydrogens is 200 g/mol. The van der Waals surface area contributed by atoms with Crippen LogP contribution in [0.2, 0.25) is 0 Å². The van der Waals surface area contributed by atoms with E-state index in [1.54, 1.807) is 7.05 Å². The quantitative estimate of drug-likeness (QED) is 0.763. The molecule has 0 aliphatic rings. The Hall–Kier alpha value is -1.35. The molecule has 0 fully saturated rings.